The first kappa shape index (κ1) is 14.5. The Kier molecular flexibility index (Phi) is 5.37. The number of benzene rings is 1. The molecule has 1 saturated heterocycles. The van der Waals surface area contributed by atoms with Gasteiger partial charge >= 0.3 is 0 Å². The molecule has 1 heterocycles. The number of rotatable bonds is 5. The van der Waals surface area contributed by atoms with E-state index in [1.165, 1.54) is 31.7 Å². The molecule has 2 N–H and O–H groups in total. The third kappa shape index (κ3) is 4.60. The zero-order chi connectivity index (χ0) is 13.7. The molecule has 3 nitrogen and oxygen atoms in total. The fraction of sp³-hybridized carbons (Fsp3) is 0.625. The fourth-order valence-electron chi connectivity index (χ4n) is 2.55. The van der Waals surface area contributed by atoms with Gasteiger partial charge in [-0.15, -0.1) is 0 Å². The van der Waals surface area contributed by atoms with Crippen molar-refractivity contribution in [3.63, 3.8) is 0 Å². The molecule has 1 aliphatic rings. The van der Waals surface area contributed by atoms with Crippen LogP contribution in [0.2, 0.25) is 0 Å². The van der Waals surface area contributed by atoms with Crippen LogP contribution in [-0.4, -0.2) is 48.6 Å². The number of nitrogens with zero attached hydrogens (tertiary/aromatic N) is 2. The molecule has 0 spiro atoms. The molecule has 1 fully saturated rings. The zero-order valence-corrected chi connectivity index (χ0v) is 12.3. The molecule has 0 radical (unpaired) electrons. The molecule has 3 heteroatoms. The number of hydrogen-bond donors (Lipinski definition) is 1. The van der Waals surface area contributed by atoms with Gasteiger partial charge in [0.05, 0.1) is 0 Å². The van der Waals surface area contributed by atoms with Crippen LogP contribution in [-0.2, 0) is 6.54 Å². The first-order chi connectivity index (χ1) is 9.15. The highest BCUT2D eigenvalue weighted by Crippen LogP contribution is 2.10. The molecule has 2 atom stereocenters. The van der Waals surface area contributed by atoms with Crippen molar-refractivity contribution < 1.29 is 0 Å². The van der Waals surface area contributed by atoms with Gasteiger partial charge in [-0.1, -0.05) is 37.3 Å². The van der Waals surface area contributed by atoms with Crippen molar-refractivity contribution >= 4 is 0 Å². The molecule has 1 aromatic rings. The number of nitrogens with two attached hydrogens (primary N) is 1. The minimum absolute atomic E-state index is 0.294. The Labute approximate surface area is 117 Å². The maximum Gasteiger partial charge on any atom is 0.0234 e. The van der Waals surface area contributed by atoms with Gasteiger partial charge in [0.2, 0.25) is 0 Å². The second-order valence-electron chi connectivity index (χ2n) is 5.90. The molecule has 0 bridgehead atoms. The normalized spacial score (nSPS) is 21.2. The van der Waals surface area contributed by atoms with Gasteiger partial charge in [0.25, 0.3) is 0 Å². The largest absolute Gasteiger partial charge is 0.328 e. The van der Waals surface area contributed by atoms with Gasteiger partial charge in [-0.2, -0.15) is 0 Å². The quantitative estimate of drug-likeness (QED) is 0.877. The van der Waals surface area contributed by atoms with E-state index in [0.717, 1.165) is 13.1 Å². The summed E-state index contributed by atoms with van der Waals surface area (Å²) in [7, 11) is 0. The van der Waals surface area contributed by atoms with Gasteiger partial charge in [-0.05, 0) is 18.4 Å². The Bertz CT molecular complexity index is 356. The van der Waals surface area contributed by atoms with E-state index in [9.17, 15) is 0 Å². The molecule has 1 aliphatic heterocycles. The van der Waals surface area contributed by atoms with Crippen LogP contribution >= 0.6 is 0 Å². The highest BCUT2D eigenvalue weighted by atomic mass is 15.3. The Balaban J connectivity index is 1.73. The molecular formula is C16H27N3. The van der Waals surface area contributed by atoms with Crippen molar-refractivity contribution in [1.29, 1.82) is 0 Å². The average molecular weight is 261 g/mol. The third-order valence-corrected chi connectivity index (χ3v) is 4.16. The standard InChI is InChI=1S/C16H27N3/c1-14(15(2)17)12-18-8-10-19(11-9-18)13-16-6-4-3-5-7-16/h3-7,14-15H,8-13,17H2,1-2H3. The summed E-state index contributed by atoms with van der Waals surface area (Å²) in [5.41, 5.74) is 7.36. The lowest BCUT2D eigenvalue weighted by Gasteiger charge is -2.36. The van der Waals surface area contributed by atoms with E-state index >= 15 is 0 Å². The maximum atomic E-state index is 5.95. The molecular weight excluding hydrogens is 234 g/mol. The minimum Gasteiger partial charge on any atom is -0.328 e. The molecule has 0 aromatic heterocycles. The summed E-state index contributed by atoms with van der Waals surface area (Å²) < 4.78 is 0. The Morgan fingerprint density at radius 2 is 1.58 bits per heavy atom. The van der Waals surface area contributed by atoms with E-state index in [0.29, 0.717) is 12.0 Å². The van der Waals surface area contributed by atoms with Crippen molar-refractivity contribution in [3.8, 4) is 0 Å². The van der Waals surface area contributed by atoms with Gasteiger partial charge in [0, 0.05) is 45.3 Å². The van der Waals surface area contributed by atoms with E-state index in [1.54, 1.807) is 0 Å². The zero-order valence-electron chi connectivity index (χ0n) is 12.3. The highest BCUT2D eigenvalue weighted by molar-refractivity contribution is 5.14. The molecule has 0 saturated carbocycles. The van der Waals surface area contributed by atoms with Gasteiger partial charge in [0.15, 0.2) is 0 Å². The van der Waals surface area contributed by atoms with Crippen molar-refractivity contribution in [2.24, 2.45) is 11.7 Å². The van der Waals surface area contributed by atoms with Crippen molar-refractivity contribution in [3.05, 3.63) is 35.9 Å². The smallest absolute Gasteiger partial charge is 0.0234 e. The Morgan fingerprint density at radius 1 is 1.00 bits per heavy atom. The van der Waals surface area contributed by atoms with E-state index in [4.69, 9.17) is 5.73 Å². The first-order valence-corrected chi connectivity index (χ1v) is 7.39. The van der Waals surface area contributed by atoms with Crippen molar-refractivity contribution in [2.75, 3.05) is 32.7 Å². The Morgan fingerprint density at radius 3 is 2.16 bits per heavy atom. The van der Waals surface area contributed by atoms with Crippen molar-refractivity contribution in [1.82, 2.24) is 9.80 Å². The molecule has 19 heavy (non-hydrogen) atoms. The predicted molar refractivity (Wildman–Crippen MR) is 81.0 cm³/mol. The summed E-state index contributed by atoms with van der Waals surface area (Å²) in [6.45, 7) is 11.3. The number of piperazine rings is 1. The van der Waals surface area contributed by atoms with Gasteiger partial charge in [0.1, 0.15) is 0 Å². The summed E-state index contributed by atoms with van der Waals surface area (Å²) in [4.78, 5) is 5.10. The topological polar surface area (TPSA) is 32.5 Å². The summed E-state index contributed by atoms with van der Waals surface area (Å²) >= 11 is 0. The SMILES string of the molecule is CC(N)C(C)CN1CCN(Cc2ccccc2)CC1. The van der Waals surface area contributed by atoms with E-state index in [-0.39, 0.29) is 0 Å². The van der Waals surface area contributed by atoms with Crippen LogP contribution < -0.4 is 5.73 Å². The van der Waals surface area contributed by atoms with Crippen LogP contribution in [0.25, 0.3) is 0 Å². The third-order valence-electron chi connectivity index (χ3n) is 4.16. The van der Waals surface area contributed by atoms with Crippen LogP contribution in [0.4, 0.5) is 0 Å². The van der Waals surface area contributed by atoms with E-state index < -0.39 is 0 Å². The molecule has 0 amide bonds. The average Bonchev–Trinajstić information content (AvgIpc) is 2.42. The van der Waals surface area contributed by atoms with Gasteiger partial charge in [-0.3, -0.25) is 4.90 Å². The summed E-state index contributed by atoms with van der Waals surface area (Å²) in [5, 5.41) is 0. The van der Waals surface area contributed by atoms with Crippen LogP contribution in [0, 0.1) is 5.92 Å². The monoisotopic (exact) mass is 261 g/mol. The van der Waals surface area contributed by atoms with Crippen LogP contribution in [0.15, 0.2) is 30.3 Å². The second-order valence-corrected chi connectivity index (χ2v) is 5.90. The first-order valence-electron chi connectivity index (χ1n) is 7.39. The van der Waals surface area contributed by atoms with E-state index in [1.807, 2.05) is 0 Å². The molecule has 2 rings (SSSR count). The molecule has 106 valence electrons. The minimum atomic E-state index is 0.294. The van der Waals surface area contributed by atoms with Crippen LogP contribution in [0.1, 0.15) is 19.4 Å². The van der Waals surface area contributed by atoms with Gasteiger partial charge < -0.3 is 10.6 Å². The maximum absolute atomic E-state index is 5.95. The van der Waals surface area contributed by atoms with E-state index in [2.05, 4.69) is 54.0 Å². The predicted octanol–water partition coefficient (Wildman–Crippen LogP) is 1.79. The molecule has 2 unspecified atom stereocenters. The summed E-state index contributed by atoms with van der Waals surface area (Å²) in [5.74, 6) is 0.584. The fourth-order valence-corrected chi connectivity index (χ4v) is 2.55. The second kappa shape index (κ2) is 7.04. The lowest BCUT2D eigenvalue weighted by Crippen LogP contribution is -2.48. The number of hydrogen-bond acceptors (Lipinski definition) is 3. The van der Waals surface area contributed by atoms with Gasteiger partial charge in [-0.25, -0.2) is 0 Å². The van der Waals surface area contributed by atoms with Crippen molar-refractivity contribution in [2.45, 2.75) is 26.4 Å². The lowest BCUT2D eigenvalue weighted by atomic mass is 10.0. The molecule has 0 aliphatic carbocycles. The molecule has 1 aromatic carbocycles. The van der Waals surface area contributed by atoms with Crippen LogP contribution in [0.5, 0.6) is 0 Å². The highest BCUT2D eigenvalue weighted by Gasteiger charge is 2.19. The Hall–Kier alpha value is -0.900. The lowest BCUT2D eigenvalue weighted by molar-refractivity contribution is 0.112. The van der Waals surface area contributed by atoms with Crippen LogP contribution in [0.3, 0.4) is 0 Å². The summed E-state index contributed by atoms with van der Waals surface area (Å²) in [6.07, 6.45) is 0. The summed E-state index contributed by atoms with van der Waals surface area (Å²) in [6, 6.07) is 11.0.